The number of amides is 3. The Morgan fingerprint density at radius 3 is 1.89 bits per heavy atom. The summed E-state index contributed by atoms with van der Waals surface area (Å²) in [5, 5.41) is 44.6. The lowest BCUT2D eigenvalue weighted by molar-refractivity contribution is -0.119. The monoisotopic (exact) mass is 411 g/mol. The van der Waals surface area contributed by atoms with Crippen molar-refractivity contribution in [2.45, 2.75) is 6.04 Å². The SMILES string of the molecule is NC(=O)[C@H](CNC(=O)c1sccc1B(O)O)NC(=O)c1sccc1B(O)O. The smallest absolute Gasteiger partial charge is 0.423 e. The Morgan fingerprint density at radius 2 is 1.44 bits per heavy atom. The van der Waals surface area contributed by atoms with Crippen molar-refractivity contribution in [1.29, 1.82) is 0 Å². The Hall–Kier alpha value is -2.22. The van der Waals surface area contributed by atoms with Crippen LogP contribution in [0.3, 0.4) is 0 Å². The van der Waals surface area contributed by atoms with Gasteiger partial charge in [-0.1, -0.05) is 12.1 Å². The quantitative estimate of drug-likeness (QED) is 0.217. The molecule has 14 heteroatoms. The Bertz CT molecular complexity index is 839. The number of hydrogen-bond acceptors (Lipinski definition) is 9. The number of thiophene rings is 2. The molecule has 2 rings (SSSR count). The third-order valence-electron chi connectivity index (χ3n) is 3.48. The molecule has 142 valence electrons. The standard InChI is InChI=1S/C13H15B2N3O7S2/c16-11(19)8(18-13(21)10-7(15(24)25)2-4-27-10)5-17-12(20)9-6(14(22)23)1-3-26-9/h1-4,8,22-25H,5H2,(H2,16,19)(H,17,20)(H,18,21)/t8-/m0/s1. The van der Waals surface area contributed by atoms with Gasteiger partial charge in [0.25, 0.3) is 11.8 Å². The first-order chi connectivity index (χ1) is 12.7. The molecule has 8 N–H and O–H groups in total. The van der Waals surface area contributed by atoms with E-state index in [9.17, 15) is 34.5 Å². The number of rotatable bonds is 8. The molecule has 0 bridgehead atoms. The summed E-state index contributed by atoms with van der Waals surface area (Å²) in [5.74, 6) is -2.34. The third kappa shape index (κ3) is 5.15. The number of hydrogen-bond donors (Lipinski definition) is 7. The maximum Gasteiger partial charge on any atom is 0.490 e. The van der Waals surface area contributed by atoms with Crippen molar-refractivity contribution < 1.29 is 34.5 Å². The van der Waals surface area contributed by atoms with Gasteiger partial charge in [-0.3, -0.25) is 14.4 Å². The largest absolute Gasteiger partial charge is 0.490 e. The molecule has 0 unspecified atom stereocenters. The van der Waals surface area contributed by atoms with Crippen molar-refractivity contribution in [3.8, 4) is 0 Å². The Morgan fingerprint density at radius 1 is 0.963 bits per heavy atom. The molecule has 2 aromatic heterocycles. The summed E-state index contributed by atoms with van der Waals surface area (Å²) in [6.07, 6.45) is 0. The van der Waals surface area contributed by atoms with Crippen molar-refractivity contribution in [2.75, 3.05) is 6.54 Å². The van der Waals surface area contributed by atoms with E-state index in [1.165, 1.54) is 22.9 Å². The molecule has 0 saturated heterocycles. The molecule has 0 aliphatic rings. The van der Waals surface area contributed by atoms with Crippen LogP contribution in [0, 0.1) is 0 Å². The molecule has 10 nitrogen and oxygen atoms in total. The summed E-state index contributed by atoms with van der Waals surface area (Å²) in [5.41, 5.74) is 5.23. The summed E-state index contributed by atoms with van der Waals surface area (Å²) in [7, 11) is -3.68. The van der Waals surface area contributed by atoms with Crippen LogP contribution >= 0.6 is 22.7 Å². The maximum absolute atomic E-state index is 12.3. The normalized spacial score (nSPS) is 11.6. The van der Waals surface area contributed by atoms with E-state index in [0.29, 0.717) is 0 Å². The van der Waals surface area contributed by atoms with Crippen LogP contribution in [0.2, 0.25) is 0 Å². The van der Waals surface area contributed by atoms with E-state index >= 15 is 0 Å². The van der Waals surface area contributed by atoms with Gasteiger partial charge in [-0.15, -0.1) is 22.7 Å². The second-order valence-corrected chi connectivity index (χ2v) is 7.13. The van der Waals surface area contributed by atoms with E-state index < -0.39 is 38.0 Å². The van der Waals surface area contributed by atoms with Crippen LogP contribution in [0.1, 0.15) is 19.3 Å². The second-order valence-electron chi connectivity index (χ2n) is 5.30. The lowest BCUT2D eigenvalue weighted by Crippen LogP contribution is -2.52. The zero-order chi connectivity index (χ0) is 20.1. The zero-order valence-electron chi connectivity index (χ0n) is 13.7. The Balaban J connectivity index is 2.04. The fraction of sp³-hybridized carbons (Fsp3) is 0.154. The minimum Gasteiger partial charge on any atom is -0.423 e. The zero-order valence-corrected chi connectivity index (χ0v) is 15.3. The van der Waals surface area contributed by atoms with Crippen LogP contribution in [0.15, 0.2) is 22.9 Å². The highest BCUT2D eigenvalue weighted by atomic mass is 32.1. The lowest BCUT2D eigenvalue weighted by Gasteiger charge is -2.16. The van der Waals surface area contributed by atoms with Crippen molar-refractivity contribution >= 4 is 65.6 Å². The van der Waals surface area contributed by atoms with E-state index in [-0.39, 0.29) is 27.2 Å². The molecule has 0 fully saturated rings. The summed E-state index contributed by atoms with van der Waals surface area (Å²) < 4.78 is 0. The van der Waals surface area contributed by atoms with Crippen LogP contribution in [0.4, 0.5) is 0 Å². The molecule has 0 aliphatic carbocycles. The molecular weight excluding hydrogens is 396 g/mol. The summed E-state index contributed by atoms with van der Waals surface area (Å²) in [4.78, 5) is 36.0. The highest BCUT2D eigenvalue weighted by Gasteiger charge is 2.27. The van der Waals surface area contributed by atoms with Gasteiger partial charge >= 0.3 is 14.2 Å². The first-order valence-corrected chi connectivity index (χ1v) is 9.23. The van der Waals surface area contributed by atoms with Gasteiger partial charge in [0.05, 0.1) is 9.75 Å². The number of nitrogens with two attached hydrogens (primary N) is 1. The molecule has 2 heterocycles. The molecule has 0 aromatic carbocycles. The molecular formula is C13H15B2N3O7S2. The van der Waals surface area contributed by atoms with Gasteiger partial charge in [-0.2, -0.15) is 0 Å². The van der Waals surface area contributed by atoms with E-state index in [4.69, 9.17) is 5.73 Å². The van der Waals surface area contributed by atoms with Gasteiger partial charge in [0.15, 0.2) is 0 Å². The summed E-state index contributed by atoms with van der Waals surface area (Å²) >= 11 is 1.92. The molecule has 27 heavy (non-hydrogen) atoms. The highest BCUT2D eigenvalue weighted by molar-refractivity contribution is 7.14. The van der Waals surface area contributed by atoms with Gasteiger partial charge in [0.2, 0.25) is 5.91 Å². The van der Waals surface area contributed by atoms with Crippen molar-refractivity contribution in [1.82, 2.24) is 10.6 Å². The van der Waals surface area contributed by atoms with Crippen LogP contribution in [-0.4, -0.2) is 64.6 Å². The van der Waals surface area contributed by atoms with Gasteiger partial charge in [-0.25, -0.2) is 0 Å². The molecule has 0 aliphatic heterocycles. The van der Waals surface area contributed by atoms with Gasteiger partial charge in [0, 0.05) is 17.5 Å². The van der Waals surface area contributed by atoms with Gasteiger partial charge < -0.3 is 36.5 Å². The van der Waals surface area contributed by atoms with E-state index in [0.717, 1.165) is 22.7 Å². The summed E-state index contributed by atoms with van der Waals surface area (Å²) in [6.45, 7) is -0.346. The van der Waals surface area contributed by atoms with Crippen LogP contribution in [0.5, 0.6) is 0 Å². The molecule has 1 atom stereocenters. The average Bonchev–Trinajstić information content (AvgIpc) is 3.26. The third-order valence-corrected chi connectivity index (χ3v) is 5.33. The van der Waals surface area contributed by atoms with E-state index in [1.54, 1.807) is 0 Å². The fourth-order valence-corrected chi connectivity index (χ4v) is 3.80. The number of carbonyl (C=O) groups excluding carboxylic acids is 3. The average molecular weight is 411 g/mol. The molecule has 0 saturated carbocycles. The summed E-state index contributed by atoms with van der Waals surface area (Å²) in [6, 6.07) is 1.45. The predicted octanol–water partition coefficient (Wildman–Crippen LogP) is -3.82. The van der Waals surface area contributed by atoms with Gasteiger partial charge in [-0.05, 0) is 10.8 Å². The fourth-order valence-electron chi connectivity index (χ4n) is 2.14. The number of primary amides is 1. The highest BCUT2D eigenvalue weighted by Crippen LogP contribution is 2.08. The van der Waals surface area contributed by atoms with Crippen molar-refractivity contribution in [2.24, 2.45) is 5.73 Å². The Labute approximate surface area is 161 Å². The number of nitrogens with one attached hydrogen (secondary N) is 2. The maximum atomic E-state index is 12.3. The van der Waals surface area contributed by atoms with Gasteiger partial charge in [0.1, 0.15) is 6.04 Å². The predicted molar refractivity (Wildman–Crippen MR) is 101 cm³/mol. The molecule has 2 aromatic rings. The Kier molecular flexibility index (Phi) is 7.12. The van der Waals surface area contributed by atoms with E-state index in [1.807, 2.05) is 0 Å². The number of carbonyl (C=O) groups is 3. The minimum atomic E-state index is -1.86. The lowest BCUT2D eigenvalue weighted by atomic mass is 9.80. The van der Waals surface area contributed by atoms with E-state index in [2.05, 4.69) is 10.6 Å². The van der Waals surface area contributed by atoms with Crippen molar-refractivity contribution in [3.63, 3.8) is 0 Å². The van der Waals surface area contributed by atoms with Crippen LogP contribution < -0.4 is 27.3 Å². The molecule has 0 spiro atoms. The topological polar surface area (TPSA) is 182 Å². The first kappa shape index (κ1) is 21.1. The minimum absolute atomic E-state index is 0.00785. The van der Waals surface area contributed by atoms with Crippen LogP contribution in [-0.2, 0) is 4.79 Å². The molecule has 3 amide bonds. The van der Waals surface area contributed by atoms with Crippen molar-refractivity contribution in [3.05, 3.63) is 32.6 Å². The van der Waals surface area contributed by atoms with Crippen LogP contribution in [0.25, 0.3) is 0 Å². The first-order valence-electron chi connectivity index (χ1n) is 7.47. The second kappa shape index (κ2) is 9.12. The molecule has 0 radical (unpaired) electrons.